The molecule has 1 unspecified atom stereocenters. The van der Waals surface area contributed by atoms with E-state index in [1.165, 1.54) is 31.2 Å². The summed E-state index contributed by atoms with van der Waals surface area (Å²) in [5, 5.41) is 18.4. The van der Waals surface area contributed by atoms with E-state index in [9.17, 15) is 27.9 Å². The van der Waals surface area contributed by atoms with Gasteiger partial charge in [-0.3, -0.25) is 14.9 Å². The number of halogens is 3. The van der Waals surface area contributed by atoms with Gasteiger partial charge >= 0.3 is 6.36 Å². The van der Waals surface area contributed by atoms with Crippen LogP contribution in [-0.2, 0) is 4.79 Å². The van der Waals surface area contributed by atoms with E-state index in [1.54, 1.807) is 24.3 Å². The highest BCUT2D eigenvalue weighted by Gasteiger charge is 2.58. The number of rotatable bonds is 6. The average Bonchev–Trinajstić information content (AvgIpc) is 3.52. The Hall–Kier alpha value is -3.11. The van der Waals surface area contributed by atoms with Crippen LogP contribution in [0.15, 0.2) is 48.5 Å². The number of hydrogen-bond acceptors (Lipinski definition) is 5. The zero-order valence-electron chi connectivity index (χ0n) is 17.1. The van der Waals surface area contributed by atoms with Crippen molar-refractivity contribution < 1.29 is 32.6 Å². The smallest absolute Gasteiger partial charge is 0.406 e. The lowest BCUT2D eigenvalue weighted by Crippen LogP contribution is -2.59. The lowest BCUT2D eigenvalue weighted by molar-refractivity contribution is -0.274. The maximum Gasteiger partial charge on any atom is 0.573 e. The van der Waals surface area contributed by atoms with E-state index >= 15 is 0 Å². The molecule has 2 aromatic rings. The van der Waals surface area contributed by atoms with Crippen molar-refractivity contribution in [3.8, 4) is 16.9 Å². The highest BCUT2D eigenvalue weighted by atomic mass is 19.4. The van der Waals surface area contributed by atoms with Crippen LogP contribution in [0.1, 0.15) is 30.1 Å². The topological polar surface area (TPSA) is 99.7 Å². The van der Waals surface area contributed by atoms with Gasteiger partial charge in [-0.1, -0.05) is 30.3 Å². The van der Waals surface area contributed by atoms with Crippen LogP contribution < -0.4 is 20.7 Å². The maximum absolute atomic E-state index is 13.0. The van der Waals surface area contributed by atoms with Crippen LogP contribution in [0, 0.1) is 5.92 Å². The molecule has 2 aromatic carbocycles. The molecular formula is C22H22F3N3O4. The van der Waals surface area contributed by atoms with Gasteiger partial charge in [0.15, 0.2) is 5.85 Å². The van der Waals surface area contributed by atoms with Gasteiger partial charge in [0.25, 0.3) is 5.91 Å². The van der Waals surface area contributed by atoms with E-state index in [-0.39, 0.29) is 24.1 Å². The highest BCUT2D eigenvalue weighted by Crippen LogP contribution is 2.42. The fourth-order valence-electron chi connectivity index (χ4n) is 4.07. The van der Waals surface area contributed by atoms with Crippen LogP contribution in [0.25, 0.3) is 11.1 Å². The number of carbonyl (C=O) groups excluding carboxylic acids is 2. The first kappa shape index (κ1) is 22.1. The molecule has 1 aliphatic heterocycles. The van der Waals surface area contributed by atoms with Gasteiger partial charge < -0.3 is 20.5 Å². The summed E-state index contributed by atoms with van der Waals surface area (Å²) in [6, 6.07) is 11.9. The maximum atomic E-state index is 13.0. The van der Waals surface area contributed by atoms with Crippen molar-refractivity contribution in [3.05, 3.63) is 54.1 Å². The molecule has 2 fully saturated rings. The summed E-state index contributed by atoms with van der Waals surface area (Å²) in [6.07, 6.45) is -3.19. The Balaban J connectivity index is 1.53. The third-order valence-electron chi connectivity index (χ3n) is 5.60. The molecule has 10 heteroatoms. The molecule has 4 N–H and O–H groups in total. The number of carbonyl (C=O) groups is 2. The molecule has 2 atom stereocenters. The SMILES string of the molecule is CC1(O)NC(=O)[C@](CNC(=O)c2ccccc2-c2ccc(OC(F)(F)F)cc2)(C2CC2)N1. The molecule has 32 heavy (non-hydrogen) atoms. The third kappa shape index (κ3) is 4.56. The largest absolute Gasteiger partial charge is 0.573 e. The van der Waals surface area contributed by atoms with Crippen molar-refractivity contribution in [1.82, 2.24) is 16.0 Å². The van der Waals surface area contributed by atoms with E-state index in [0.717, 1.165) is 12.8 Å². The molecule has 0 bridgehead atoms. The van der Waals surface area contributed by atoms with Crippen molar-refractivity contribution in [1.29, 1.82) is 0 Å². The van der Waals surface area contributed by atoms with Gasteiger partial charge in [0, 0.05) is 12.1 Å². The minimum Gasteiger partial charge on any atom is -0.406 e. The Labute approximate surface area is 182 Å². The molecule has 1 saturated heterocycles. The summed E-state index contributed by atoms with van der Waals surface area (Å²) < 4.78 is 41.1. The Morgan fingerprint density at radius 1 is 1.19 bits per heavy atom. The molecule has 2 aliphatic rings. The zero-order valence-corrected chi connectivity index (χ0v) is 17.1. The molecule has 4 rings (SSSR count). The number of nitrogens with one attached hydrogen (secondary N) is 3. The molecule has 1 aliphatic carbocycles. The van der Waals surface area contributed by atoms with Crippen molar-refractivity contribution >= 4 is 11.8 Å². The number of amides is 2. The van der Waals surface area contributed by atoms with Crippen molar-refractivity contribution in [2.45, 2.75) is 37.5 Å². The van der Waals surface area contributed by atoms with Crippen molar-refractivity contribution in [3.63, 3.8) is 0 Å². The summed E-state index contributed by atoms with van der Waals surface area (Å²) in [6.45, 7) is 1.41. The van der Waals surface area contributed by atoms with E-state index in [4.69, 9.17) is 0 Å². The first-order valence-electron chi connectivity index (χ1n) is 10.1. The molecule has 170 valence electrons. The van der Waals surface area contributed by atoms with Gasteiger partial charge in [-0.15, -0.1) is 13.2 Å². The lowest BCUT2D eigenvalue weighted by Gasteiger charge is -2.29. The molecule has 0 radical (unpaired) electrons. The molecular weight excluding hydrogens is 427 g/mol. The Bertz CT molecular complexity index is 1040. The van der Waals surface area contributed by atoms with E-state index in [0.29, 0.717) is 16.7 Å². The first-order valence-corrected chi connectivity index (χ1v) is 10.1. The van der Waals surface area contributed by atoms with Gasteiger partial charge in [-0.05, 0) is 55.0 Å². The number of alkyl halides is 3. The fraction of sp³-hybridized carbons (Fsp3) is 0.364. The van der Waals surface area contributed by atoms with E-state index in [1.807, 2.05) is 0 Å². The molecule has 0 aromatic heterocycles. The first-order chi connectivity index (χ1) is 15.0. The minimum atomic E-state index is -4.79. The molecule has 2 amide bonds. The third-order valence-corrected chi connectivity index (χ3v) is 5.60. The predicted octanol–water partition coefficient (Wildman–Crippen LogP) is 2.52. The fourth-order valence-corrected chi connectivity index (χ4v) is 4.07. The summed E-state index contributed by atoms with van der Waals surface area (Å²) >= 11 is 0. The highest BCUT2D eigenvalue weighted by molar-refractivity contribution is 6.01. The lowest BCUT2D eigenvalue weighted by atomic mass is 9.92. The second-order valence-corrected chi connectivity index (χ2v) is 8.20. The number of hydrogen-bond donors (Lipinski definition) is 4. The zero-order chi connectivity index (χ0) is 23.1. The standard InChI is InChI=1S/C22H22F3N3O4/c1-20(31)27-19(30)21(28-20,14-8-9-14)12-26-18(29)17-5-3-2-4-16(17)13-6-10-15(11-7-13)32-22(23,24)25/h2-7,10-11,14,28,31H,8-9,12H2,1H3,(H,26,29)(H,27,30)/t20?,21-/m0/s1. The molecule has 1 saturated carbocycles. The van der Waals surface area contributed by atoms with Crippen LogP contribution in [0.4, 0.5) is 13.2 Å². The normalized spacial score (nSPS) is 25.3. The molecule has 0 spiro atoms. The quantitative estimate of drug-likeness (QED) is 0.543. The van der Waals surface area contributed by atoms with E-state index in [2.05, 4.69) is 20.7 Å². The summed E-state index contributed by atoms with van der Waals surface area (Å²) in [5.74, 6) is -2.76. The van der Waals surface area contributed by atoms with Crippen LogP contribution in [0.3, 0.4) is 0 Å². The average molecular weight is 449 g/mol. The van der Waals surface area contributed by atoms with E-state index < -0.39 is 23.7 Å². The van der Waals surface area contributed by atoms with Crippen molar-refractivity contribution in [2.24, 2.45) is 5.92 Å². The monoisotopic (exact) mass is 449 g/mol. The molecule has 1 heterocycles. The van der Waals surface area contributed by atoms with Gasteiger partial charge in [-0.2, -0.15) is 0 Å². The van der Waals surface area contributed by atoms with Crippen LogP contribution >= 0.6 is 0 Å². The number of aliphatic hydroxyl groups is 1. The summed E-state index contributed by atoms with van der Waals surface area (Å²) in [5.41, 5.74) is 0.236. The van der Waals surface area contributed by atoms with Crippen LogP contribution in [0.5, 0.6) is 5.75 Å². The van der Waals surface area contributed by atoms with Crippen LogP contribution in [0.2, 0.25) is 0 Å². The second kappa shape index (κ2) is 7.79. The Morgan fingerprint density at radius 2 is 1.84 bits per heavy atom. The van der Waals surface area contributed by atoms with Gasteiger partial charge in [0.2, 0.25) is 5.91 Å². The van der Waals surface area contributed by atoms with Crippen molar-refractivity contribution in [2.75, 3.05) is 6.54 Å². The summed E-state index contributed by atoms with van der Waals surface area (Å²) in [7, 11) is 0. The molecule has 7 nitrogen and oxygen atoms in total. The minimum absolute atomic E-state index is 0.00630. The van der Waals surface area contributed by atoms with Gasteiger partial charge in [0.05, 0.1) is 0 Å². The number of ether oxygens (including phenoxy) is 1. The van der Waals surface area contributed by atoms with Gasteiger partial charge in [0.1, 0.15) is 11.3 Å². The Morgan fingerprint density at radius 3 is 2.41 bits per heavy atom. The van der Waals surface area contributed by atoms with Gasteiger partial charge in [-0.25, -0.2) is 0 Å². The summed E-state index contributed by atoms with van der Waals surface area (Å²) in [4.78, 5) is 25.6. The van der Waals surface area contributed by atoms with Crippen LogP contribution in [-0.4, -0.2) is 41.2 Å². The predicted molar refractivity (Wildman–Crippen MR) is 108 cm³/mol. The Kier molecular flexibility index (Phi) is 5.38. The number of benzene rings is 2. The second-order valence-electron chi connectivity index (χ2n) is 8.20.